The van der Waals surface area contributed by atoms with Crippen LogP contribution in [0.2, 0.25) is 0 Å². The number of amides is 1. The van der Waals surface area contributed by atoms with E-state index in [4.69, 9.17) is 0 Å². The standard InChI is InChI=1S/C22H24F3N5O3S2/c1-14-20(26-13-34-14)30-12-18(11-27-30)28-17-5-3-15(4-6-17)19(22(23,24)25)29(2)21(31)16-7-9-35(32,33)10-8-16/h3-6,11-13,16,19,28H,7-10H2,1-2H3. The van der Waals surface area contributed by atoms with Gasteiger partial charge >= 0.3 is 6.18 Å². The molecule has 0 saturated carbocycles. The second-order valence-electron chi connectivity index (χ2n) is 8.47. The second-order valence-corrected chi connectivity index (χ2v) is 11.8. The molecule has 1 N–H and O–H groups in total. The molecule has 1 saturated heterocycles. The number of alkyl halides is 3. The van der Waals surface area contributed by atoms with Gasteiger partial charge in [-0.3, -0.25) is 4.79 Å². The fourth-order valence-corrected chi connectivity index (χ4v) is 6.18. The molecule has 0 bridgehead atoms. The molecule has 8 nitrogen and oxygen atoms in total. The minimum Gasteiger partial charge on any atom is -0.353 e. The largest absolute Gasteiger partial charge is 0.413 e. The molecule has 4 rings (SSSR count). The number of sulfone groups is 1. The number of benzene rings is 1. The Morgan fingerprint density at radius 2 is 1.86 bits per heavy atom. The molecule has 0 aliphatic carbocycles. The van der Waals surface area contributed by atoms with Gasteiger partial charge in [-0.1, -0.05) is 12.1 Å². The predicted octanol–water partition coefficient (Wildman–Crippen LogP) is 4.27. The monoisotopic (exact) mass is 527 g/mol. The van der Waals surface area contributed by atoms with E-state index >= 15 is 0 Å². The first-order chi connectivity index (χ1) is 16.4. The lowest BCUT2D eigenvalue weighted by Gasteiger charge is -2.34. The average molecular weight is 528 g/mol. The molecule has 2 aromatic heterocycles. The summed E-state index contributed by atoms with van der Waals surface area (Å²) in [5.74, 6) is -1.11. The highest BCUT2D eigenvalue weighted by molar-refractivity contribution is 7.91. The van der Waals surface area contributed by atoms with Gasteiger partial charge in [-0.25, -0.2) is 18.1 Å². The van der Waals surface area contributed by atoms with E-state index in [9.17, 15) is 26.4 Å². The molecule has 1 amide bonds. The van der Waals surface area contributed by atoms with Gasteiger partial charge < -0.3 is 10.2 Å². The summed E-state index contributed by atoms with van der Waals surface area (Å²) in [5.41, 5.74) is 2.82. The van der Waals surface area contributed by atoms with Gasteiger partial charge in [0, 0.05) is 23.5 Å². The number of halogens is 3. The number of anilines is 2. The molecule has 13 heteroatoms. The lowest BCUT2D eigenvalue weighted by Crippen LogP contribution is -2.44. The van der Waals surface area contributed by atoms with Crippen LogP contribution in [0.3, 0.4) is 0 Å². The van der Waals surface area contributed by atoms with Crippen molar-refractivity contribution >= 4 is 38.5 Å². The highest BCUT2D eigenvalue weighted by atomic mass is 32.2. The Morgan fingerprint density at radius 1 is 1.20 bits per heavy atom. The van der Waals surface area contributed by atoms with Gasteiger partial charge in [0.15, 0.2) is 11.9 Å². The third kappa shape index (κ3) is 5.67. The molecule has 3 aromatic rings. The van der Waals surface area contributed by atoms with E-state index in [0.717, 1.165) is 11.9 Å². The number of hydrogen-bond acceptors (Lipinski definition) is 7. The third-order valence-corrected chi connectivity index (χ3v) is 8.45. The van der Waals surface area contributed by atoms with E-state index in [1.807, 2.05) is 6.92 Å². The Bertz CT molecular complexity index is 1290. The number of carbonyl (C=O) groups excluding carboxylic acids is 1. The van der Waals surface area contributed by atoms with E-state index < -0.39 is 33.9 Å². The van der Waals surface area contributed by atoms with Gasteiger partial charge in [-0.05, 0) is 37.5 Å². The first-order valence-corrected chi connectivity index (χ1v) is 13.5. The molecule has 1 unspecified atom stereocenters. The van der Waals surface area contributed by atoms with Crippen LogP contribution in [0, 0.1) is 12.8 Å². The van der Waals surface area contributed by atoms with Crippen LogP contribution in [0.1, 0.15) is 29.3 Å². The third-order valence-electron chi connectivity index (χ3n) is 5.98. The van der Waals surface area contributed by atoms with Gasteiger partial charge in [-0.15, -0.1) is 11.3 Å². The summed E-state index contributed by atoms with van der Waals surface area (Å²) >= 11 is 1.49. The van der Waals surface area contributed by atoms with Crippen molar-refractivity contribution in [3.63, 3.8) is 0 Å². The van der Waals surface area contributed by atoms with Gasteiger partial charge in [0.1, 0.15) is 9.84 Å². The maximum atomic E-state index is 14.0. The SMILES string of the molecule is Cc1scnc1-n1cc(Nc2ccc(C(N(C)C(=O)C3CCS(=O)(=O)CC3)C(F)(F)F)cc2)cn1. The Kier molecular flexibility index (Phi) is 6.91. The summed E-state index contributed by atoms with van der Waals surface area (Å²) in [4.78, 5) is 18.7. The average Bonchev–Trinajstić information content (AvgIpc) is 3.42. The van der Waals surface area contributed by atoms with E-state index in [1.54, 1.807) is 22.6 Å². The zero-order valence-corrected chi connectivity index (χ0v) is 20.6. The number of aromatic nitrogens is 3. The summed E-state index contributed by atoms with van der Waals surface area (Å²) < 4.78 is 66.9. The topological polar surface area (TPSA) is 97.2 Å². The summed E-state index contributed by atoms with van der Waals surface area (Å²) in [6.45, 7) is 1.93. The van der Waals surface area contributed by atoms with E-state index in [1.165, 1.54) is 35.6 Å². The number of rotatable bonds is 6. The smallest absolute Gasteiger partial charge is 0.353 e. The quantitative estimate of drug-likeness (QED) is 0.514. The molecule has 0 radical (unpaired) electrons. The normalized spacial score (nSPS) is 17.2. The molecular weight excluding hydrogens is 503 g/mol. The molecule has 35 heavy (non-hydrogen) atoms. The molecule has 1 aliphatic heterocycles. The van der Waals surface area contributed by atoms with Crippen LogP contribution in [0.5, 0.6) is 0 Å². The van der Waals surface area contributed by atoms with E-state index in [0.29, 0.717) is 22.1 Å². The van der Waals surface area contributed by atoms with Gasteiger partial charge in [-0.2, -0.15) is 18.3 Å². The Balaban J connectivity index is 1.49. The molecule has 1 aliphatic rings. The minimum atomic E-state index is -4.70. The molecule has 1 fully saturated rings. The fraction of sp³-hybridized carbons (Fsp3) is 0.409. The zero-order valence-electron chi connectivity index (χ0n) is 19.0. The second kappa shape index (κ2) is 9.61. The van der Waals surface area contributed by atoms with Crippen molar-refractivity contribution in [3.05, 3.63) is 52.6 Å². The maximum absolute atomic E-state index is 14.0. The van der Waals surface area contributed by atoms with Gasteiger partial charge in [0.25, 0.3) is 0 Å². The van der Waals surface area contributed by atoms with Crippen LogP contribution >= 0.6 is 11.3 Å². The highest BCUT2D eigenvalue weighted by Crippen LogP contribution is 2.39. The summed E-state index contributed by atoms with van der Waals surface area (Å²) in [5, 5.41) is 7.35. The number of nitrogens with one attached hydrogen (secondary N) is 1. The molecule has 0 spiro atoms. The number of aryl methyl sites for hydroxylation is 1. The van der Waals surface area contributed by atoms with Crippen molar-refractivity contribution in [3.8, 4) is 5.82 Å². The van der Waals surface area contributed by atoms with Gasteiger partial charge in [0.05, 0.1) is 35.1 Å². The van der Waals surface area contributed by atoms with E-state index in [2.05, 4.69) is 15.4 Å². The summed E-state index contributed by atoms with van der Waals surface area (Å²) in [7, 11) is -2.11. The minimum absolute atomic E-state index is 0.0348. The van der Waals surface area contributed by atoms with Crippen LogP contribution in [0.15, 0.2) is 42.2 Å². The lowest BCUT2D eigenvalue weighted by atomic mass is 9.98. The van der Waals surface area contributed by atoms with Crippen molar-refractivity contribution in [2.24, 2.45) is 5.92 Å². The lowest BCUT2D eigenvalue weighted by molar-refractivity contribution is -0.190. The van der Waals surface area contributed by atoms with Crippen molar-refractivity contribution in [2.45, 2.75) is 32.0 Å². The van der Waals surface area contributed by atoms with Crippen LogP contribution < -0.4 is 5.32 Å². The van der Waals surface area contributed by atoms with Crippen molar-refractivity contribution in [2.75, 3.05) is 23.9 Å². The first-order valence-electron chi connectivity index (χ1n) is 10.8. The maximum Gasteiger partial charge on any atom is 0.413 e. The highest BCUT2D eigenvalue weighted by Gasteiger charge is 2.46. The van der Waals surface area contributed by atoms with Crippen molar-refractivity contribution < 1.29 is 26.4 Å². The number of thiazole rings is 1. The van der Waals surface area contributed by atoms with Crippen molar-refractivity contribution in [1.82, 2.24) is 19.7 Å². The molecule has 3 heterocycles. The zero-order chi connectivity index (χ0) is 25.4. The first kappa shape index (κ1) is 25.2. The van der Waals surface area contributed by atoms with Crippen LogP contribution in [-0.4, -0.2) is 58.7 Å². The summed E-state index contributed by atoms with van der Waals surface area (Å²) in [6.07, 6.45) is -1.32. The van der Waals surface area contributed by atoms with Crippen LogP contribution in [-0.2, 0) is 14.6 Å². The Morgan fingerprint density at radius 3 is 2.43 bits per heavy atom. The summed E-state index contributed by atoms with van der Waals surface area (Å²) in [6, 6.07) is 3.52. The number of hydrogen-bond donors (Lipinski definition) is 1. The molecule has 1 atom stereocenters. The Hall–Kier alpha value is -2.93. The van der Waals surface area contributed by atoms with Gasteiger partial charge in [0.2, 0.25) is 5.91 Å². The predicted molar refractivity (Wildman–Crippen MR) is 127 cm³/mol. The molecule has 188 valence electrons. The molecule has 1 aromatic carbocycles. The molecular formula is C22H24F3N5O3S2. The Labute approximate surface area is 204 Å². The van der Waals surface area contributed by atoms with E-state index in [-0.39, 0.29) is 29.9 Å². The van der Waals surface area contributed by atoms with Crippen LogP contribution in [0.25, 0.3) is 5.82 Å². The van der Waals surface area contributed by atoms with Crippen LogP contribution in [0.4, 0.5) is 24.5 Å². The van der Waals surface area contributed by atoms with Crippen molar-refractivity contribution in [1.29, 1.82) is 0 Å². The fourth-order valence-electron chi connectivity index (χ4n) is 4.12. The number of carbonyl (C=O) groups is 1. The number of nitrogens with zero attached hydrogens (tertiary/aromatic N) is 4.